The highest BCUT2D eigenvalue weighted by Gasteiger charge is 2.18. The number of hydrogen-bond donors (Lipinski definition) is 3. The van der Waals surface area contributed by atoms with Gasteiger partial charge in [0.1, 0.15) is 18.8 Å². The van der Waals surface area contributed by atoms with E-state index in [-0.39, 0.29) is 12.6 Å². The third kappa shape index (κ3) is 7.41. The molecule has 0 aromatic carbocycles. The normalized spacial score (nSPS) is 22.2. The molecule has 0 bridgehead atoms. The van der Waals surface area contributed by atoms with E-state index < -0.39 is 18.8 Å². The van der Waals surface area contributed by atoms with Gasteiger partial charge in [0.15, 0.2) is 0 Å². The zero-order chi connectivity index (χ0) is 14.1. The zero-order valence-electron chi connectivity index (χ0n) is 10.9. The molecule has 1 saturated heterocycles. The van der Waals surface area contributed by atoms with Crippen LogP contribution in [0.25, 0.3) is 0 Å². The largest absolute Gasteiger partial charge is 0.463 e. The van der Waals surface area contributed by atoms with Crippen LogP contribution in [0.15, 0.2) is 0 Å². The summed E-state index contributed by atoms with van der Waals surface area (Å²) in [6.45, 7) is -0.814. The maximum atomic E-state index is 11.4. The SMILES string of the molecule is O=C(CCCC[C@@H]1CCSS1)OC[C@@H](O)[C@@H](O)CO. The fourth-order valence-corrected chi connectivity index (χ4v) is 4.72. The standard InChI is InChI=1S/C12H22O5S2/c13-7-10(14)11(15)8-17-12(16)4-2-1-3-9-5-6-18-19-9/h9-11,13-15H,1-8H2/t9-,10+,11-/m1/s1. The average Bonchev–Trinajstić information content (AvgIpc) is 2.93. The third-order valence-electron chi connectivity index (χ3n) is 2.93. The molecule has 0 spiro atoms. The molecule has 1 aliphatic heterocycles. The molecule has 112 valence electrons. The van der Waals surface area contributed by atoms with Crippen molar-refractivity contribution in [3.63, 3.8) is 0 Å². The first-order chi connectivity index (χ1) is 9.13. The van der Waals surface area contributed by atoms with Crippen LogP contribution in [0.2, 0.25) is 0 Å². The Morgan fingerprint density at radius 1 is 1.32 bits per heavy atom. The summed E-state index contributed by atoms with van der Waals surface area (Å²) >= 11 is 0. The smallest absolute Gasteiger partial charge is 0.305 e. The van der Waals surface area contributed by atoms with Gasteiger partial charge in [-0.2, -0.15) is 0 Å². The van der Waals surface area contributed by atoms with E-state index in [0.717, 1.165) is 24.5 Å². The highest BCUT2D eigenvalue weighted by atomic mass is 33.1. The fraction of sp³-hybridized carbons (Fsp3) is 0.917. The monoisotopic (exact) mass is 310 g/mol. The predicted octanol–water partition coefficient (Wildman–Crippen LogP) is 0.958. The summed E-state index contributed by atoms with van der Waals surface area (Å²) in [5, 5.41) is 27.7. The minimum atomic E-state index is -1.26. The number of hydrogen-bond acceptors (Lipinski definition) is 7. The molecule has 3 atom stereocenters. The maximum Gasteiger partial charge on any atom is 0.305 e. The molecule has 0 radical (unpaired) electrons. The number of carbonyl (C=O) groups is 1. The van der Waals surface area contributed by atoms with Crippen molar-refractivity contribution in [1.82, 2.24) is 0 Å². The van der Waals surface area contributed by atoms with Crippen LogP contribution in [0.3, 0.4) is 0 Å². The molecule has 0 aromatic heterocycles. The number of aliphatic hydroxyl groups is 3. The van der Waals surface area contributed by atoms with E-state index in [4.69, 9.17) is 14.9 Å². The molecule has 1 rings (SSSR count). The van der Waals surface area contributed by atoms with Gasteiger partial charge in [0.2, 0.25) is 0 Å². The number of carbonyl (C=O) groups excluding carboxylic acids is 1. The molecule has 1 fully saturated rings. The Kier molecular flexibility index (Phi) is 8.89. The van der Waals surface area contributed by atoms with Crippen LogP contribution in [0, 0.1) is 0 Å². The van der Waals surface area contributed by atoms with Gasteiger partial charge in [0.25, 0.3) is 0 Å². The van der Waals surface area contributed by atoms with Crippen LogP contribution in [0.5, 0.6) is 0 Å². The molecule has 0 amide bonds. The number of ether oxygens (including phenoxy) is 1. The Hall–Kier alpha value is 0.0500. The van der Waals surface area contributed by atoms with Crippen molar-refractivity contribution in [2.24, 2.45) is 0 Å². The van der Waals surface area contributed by atoms with Gasteiger partial charge in [-0.25, -0.2) is 0 Å². The molecule has 19 heavy (non-hydrogen) atoms. The molecule has 7 heteroatoms. The average molecular weight is 310 g/mol. The third-order valence-corrected chi connectivity index (χ3v) is 5.94. The second-order valence-electron chi connectivity index (χ2n) is 4.57. The van der Waals surface area contributed by atoms with Gasteiger partial charge >= 0.3 is 5.97 Å². The lowest BCUT2D eigenvalue weighted by Crippen LogP contribution is -2.34. The fourth-order valence-electron chi connectivity index (χ4n) is 1.69. The van der Waals surface area contributed by atoms with Crippen molar-refractivity contribution in [2.75, 3.05) is 19.0 Å². The van der Waals surface area contributed by atoms with Crippen LogP contribution < -0.4 is 0 Å². The van der Waals surface area contributed by atoms with Crippen LogP contribution in [-0.2, 0) is 9.53 Å². The molecule has 1 aliphatic rings. The summed E-state index contributed by atoms with van der Waals surface area (Å²) in [4.78, 5) is 11.4. The molecule has 0 aromatic rings. The molecule has 0 unspecified atom stereocenters. The Bertz CT molecular complexity index is 259. The van der Waals surface area contributed by atoms with Crippen molar-refractivity contribution in [1.29, 1.82) is 0 Å². The first kappa shape index (κ1) is 17.1. The summed E-state index contributed by atoms with van der Waals surface area (Å²) in [6.07, 6.45) is 2.05. The summed E-state index contributed by atoms with van der Waals surface area (Å²) in [7, 11) is 3.85. The maximum absolute atomic E-state index is 11.4. The molecule has 0 saturated carbocycles. The van der Waals surface area contributed by atoms with Crippen LogP contribution in [-0.4, -0.2) is 57.7 Å². The highest BCUT2D eigenvalue weighted by Crippen LogP contribution is 2.39. The zero-order valence-corrected chi connectivity index (χ0v) is 12.5. The van der Waals surface area contributed by atoms with Gasteiger partial charge in [-0.15, -0.1) is 0 Å². The summed E-state index contributed by atoms with van der Waals surface area (Å²) in [5.41, 5.74) is 0. The van der Waals surface area contributed by atoms with Gasteiger partial charge in [0, 0.05) is 17.4 Å². The molecule has 0 aliphatic carbocycles. The van der Waals surface area contributed by atoms with Crippen molar-refractivity contribution in [3.8, 4) is 0 Å². The van der Waals surface area contributed by atoms with E-state index in [2.05, 4.69) is 0 Å². The van der Waals surface area contributed by atoms with Crippen molar-refractivity contribution < 1.29 is 24.9 Å². The van der Waals surface area contributed by atoms with Gasteiger partial charge in [-0.3, -0.25) is 4.79 Å². The summed E-state index contributed by atoms with van der Waals surface area (Å²) in [6, 6.07) is 0. The van der Waals surface area contributed by atoms with E-state index >= 15 is 0 Å². The number of rotatable bonds is 9. The van der Waals surface area contributed by atoms with Crippen LogP contribution in [0.1, 0.15) is 32.1 Å². The second-order valence-corrected chi connectivity index (χ2v) is 7.36. The lowest BCUT2D eigenvalue weighted by Gasteiger charge is -2.15. The summed E-state index contributed by atoms with van der Waals surface area (Å²) < 4.78 is 4.83. The van der Waals surface area contributed by atoms with Gasteiger partial charge in [-0.05, 0) is 19.3 Å². The number of esters is 1. The van der Waals surface area contributed by atoms with Crippen LogP contribution in [0.4, 0.5) is 0 Å². The lowest BCUT2D eigenvalue weighted by atomic mass is 10.1. The van der Waals surface area contributed by atoms with Gasteiger partial charge in [0.05, 0.1) is 6.61 Å². The molecular formula is C12H22O5S2. The Balaban J connectivity index is 1.98. The van der Waals surface area contributed by atoms with Crippen LogP contribution >= 0.6 is 21.6 Å². The molecule has 3 N–H and O–H groups in total. The minimum Gasteiger partial charge on any atom is -0.463 e. The van der Waals surface area contributed by atoms with E-state index in [9.17, 15) is 9.90 Å². The lowest BCUT2D eigenvalue weighted by molar-refractivity contribution is -0.149. The Morgan fingerprint density at radius 2 is 2.11 bits per heavy atom. The van der Waals surface area contributed by atoms with E-state index in [1.54, 1.807) is 0 Å². The first-order valence-corrected chi connectivity index (χ1v) is 8.92. The molecular weight excluding hydrogens is 288 g/mol. The van der Waals surface area contributed by atoms with Gasteiger partial charge < -0.3 is 20.1 Å². The number of aliphatic hydroxyl groups excluding tert-OH is 3. The van der Waals surface area contributed by atoms with E-state index in [1.807, 2.05) is 21.6 Å². The Labute approximate surface area is 121 Å². The second kappa shape index (κ2) is 9.88. The molecule has 1 heterocycles. The highest BCUT2D eigenvalue weighted by molar-refractivity contribution is 8.77. The van der Waals surface area contributed by atoms with E-state index in [0.29, 0.717) is 6.42 Å². The number of unbranched alkanes of at least 4 members (excludes halogenated alkanes) is 1. The topological polar surface area (TPSA) is 87.0 Å². The Morgan fingerprint density at radius 3 is 2.74 bits per heavy atom. The first-order valence-electron chi connectivity index (χ1n) is 6.54. The quantitative estimate of drug-likeness (QED) is 0.332. The minimum absolute atomic E-state index is 0.268. The van der Waals surface area contributed by atoms with Crippen molar-refractivity contribution >= 4 is 27.6 Å². The van der Waals surface area contributed by atoms with Gasteiger partial charge in [-0.1, -0.05) is 28.0 Å². The van der Waals surface area contributed by atoms with E-state index in [1.165, 1.54) is 12.2 Å². The summed E-state index contributed by atoms with van der Waals surface area (Å²) in [5.74, 6) is 0.861. The van der Waals surface area contributed by atoms with Crippen molar-refractivity contribution in [2.45, 2.75) is 49.6 Å². The molecule has 5 nitrogen and oxygen atoms in total. The predicted molar refractivity (Wildman–Crippen MR) is 77.0 cm³/mol. The van der Waals surface area contributed by atoms with Crippen molar-refractivity contribution in [3.05, 3.63) is 0 Å².